The second-order valence-electron chi connectivity index (χ2n) is 6.18. The highest BCUT2D eigenvalue weighted by Gasteiger charge is 2.21. The van der Waals surface area contributed by atoms with Crippen LogP contribution in [0.25, 0.3) is 0 Å². The fourth-order valence-corrected chi connectivity index (χ4v) is 2.79. The molecule has 5 heteroatoms. The van der Waals surface area contributed by atoms with Gasteiger partial charge in [0.25, 0.3) is 5.91 Å². The Hall–Kier alpha value is -3.08. The van der Waals surface area contributed by atoms with E-state index in [0.717, 1.165) is 22.4 Å². The van der Waals surface area contributed by atoms with E-state index in [2.05, 4.69) is 21.9 Å². The fourth-order valence-electron chi connectivity index (χ4n) is 2.79. The summed E-state index contributed by atoms with van der Waals surface area (Å²) < 4.78 is 5.02. The summed E-state index contributed by atoms with van der Waals surface area (Å²) in [5.41, 5.74) is 4.06. The van der Waals surface area contributed by atoms with Crippen molar-refractivity contribution in [1.29, 1.82) is 0 Å². The van der Waals surface area contributed by atoms with Crippen molar-refractivity contribution in [1.82, 2.24) is 5.16 Å². The molecule has 25 heavy (non-hydrogen) atoms. The average Bonchev–Trinajstić information content (AvgIpc) is 2.97. The summed E-state index contributed by atoms with van der Waals surface area (Å²) in [5.74, 6) is 0.859. The van der Waals surface area contributed by atoms with Gasteiger partial charge < -0.3 is 15.2 Å². The topological polar surface area (TPSA) is 67.2 Å². The van der Waals surface area contributed by atoms with Gasteiger partial charge in [-0.05, 0) is 49.6 Å². The summed E-state index contributed by atoms with van der Waals surface area (Å²) in [6.07, 6.45) is 0. The molecule has 0 saturated heterocycles. The number of aromatic nitrogens is 1. The van der Waals surface area contributed by atoms with Crippen molar-refractivity contribution >= 4 is 17.4 Å². The predicted molar refractivity (Wildman–Crippen MR) is 98.6 cm³/mol. The Labute approximate surface area is 147 Å². The van der Waals surface area contributed by atoms with Crippen molar-refractivity contribution in [3.05, 3.63) is 77.0 Å². The van der Waals surface area contributed by atoms with Crippen LogP contribution in [0.5, 0.6) is 0 Å². The first-order chi connectivity index (χ1) is 12.0. The largest absolute Gasteiger partial charge is 0.370 e. The molecule has 0 fully saturated rings. The zero-order chi connectivity index (χ0) is 17.8. The summed E-state index contributed by atoms with van der Waals surface area (Å²) in [6, 6.07) is 16.9. The van der Waals surface area contributed by atoms with E-state index in [1.54, 1.807) is 13.0 Å². The van der Waals surface area contributed by atoms with Gasteiger partial charge in [0.05, 0.1) is 0 Å². The molecule has 0 saturated carbocycles. The fraction of sp³-hybridized carbons (Fsp3) is 0.200. The molecule has 5 nitrogen and oxygen atoms in total. The van der Waals surface area contributed by atoms with E-state index in [4.69, 9.17) is 4.52 Å². The standard InChI is InChI=1S/C20H21N3O2/c1-13-9-14(2)11-17(10-13)21-19(16-7-5-4-6-8-16)20(24)22-18-12-15(3)25-23-18/h4-12,19,21H,1-3H3,(H,22,23,24)/t19-/m1/s1. The third-order valence-corrected chi connectivity index (χ3v) is 3.81. The molecular weight excluding hydrogens is 314 g/mol. The number of hydrogen-bond donors (Lipinski definition) is 2. The molecular formula is C20H21N3O2. The molecule has 0 spiro atoms. The maximum atomic E-state index is 12.8. The van der Waals surface area contributed by atoms with E-state index in [1.807, 2.05) is 56.3 Å². The predicted octanol–water partition coefficient (Wildman–Crippen LogP) is 4.39. The molecule has 128 valence electrons. The van der Waals surface area contributed by atoms with Crippen LogP contribution in [0.4, 0.5) is 11.5 Å². The first-order valence-corrected chi connectivity index (χ1v) is 8.15. The first-order valence-electron chi connectivity index (χ1n) is 8.15. The quantitative estimate of drug-likeness (QED) is 0.725. The highest BCUT2D eigenvalue weighted by Crippen LogP contribution is 2.23. The first kappa shape index (κ1) is 16.8. The summed E-state index contributed by atoms with van der Waals surface area (Å²) in [6.45, 7) is 5.85. The molecule has 0 unspecified atom stereocenters. The lowest BCUT2D eigenvalue weighted by Gasteiger charge is -2.20. The van der Waals surface area contributed by atoms with Crippen LogP contribution in [0.1, 0.15) is 28.5 Å². The highest BCUT2D eigenvalue weighted by molar-refractivity contribution is 5.96. The van der Waals surface area contributed by atoms with Crippen molar-refractivity contribution in [2.75, 3.05) is 10.6 Å². The highest BCUT2D eigenvalue weighted by atomic mass is 16.5. The van der Waals surface area contributed by atoms with Gasteiger partial charge >= 0.3 is 0 Å². The van der Waals surface area contributed by atoms with Crippen LogP contribution >= 0.6 is 0 Å². The maximum Gasteiger partial charge on any atom is 0.252 e. The van der Waals surface area contributed by atoms with Crippen LogP contribution in [-0.2, 0) is 4.79 Å². The molecule has 1 atom stereocenters. The second-order valence-corrected chi connectivity index (χ2v) is 6.18. The van der Waals surface area contributed by atoms with Crippen molar-refractivity contribution in [3.8, 4) is 0 Å². The number of carbonyl (C=O) groups is 1. The SMILES string of the molecule is Cc1cc(C)cc(N[C@@H](C(=O)Nc2cc(C)on2)c2ccccc2)c1. The van der Waals surface area contributed by atoms with Crippen molar-refractivity contribution in [2.45, 2.75) is 26.8 Å². The number of nitrogens with one attached hydrogen (secondary N) is 2. The third-order valence-electron chi connectivity index (χ3n) is 3.81. The monoisotopic (exact) mass is 335 g/mol. The van der Waals surface area contributed by atoms with Crippen LogP contribution in [0.3, 0.4) is 0 Å². The maximum absolute atomic E-state index is 12.8. The second kappa shape index (κ2) is 7.21. The van der Waals surface area contributed by atoms with E-state index in [1.165, 1.54) is 0 Å². The Morgan fingerprint density at radius 3 is 2.28 bits per heavy atom. The van der Waals surface area contributed by atoms with Crippen molar-refractivity contribution in [2.24, 2.45) is 0 Å². The molecule has 0 radical (unpaired) electrons. The Morgan fingerprint density at radius 1 is 1.00 bits per heavy atom. The molecule has 0 aliphatic rings. The smallest absolute Gasteiger partial charge is 0.252 e. The number of hydrogen-bond acceptors (Lipinski definition) is 4. The molecule has 2 N–H and O–H groups in total. The van der Waals surface area contributed by atoms with Crippen LogP contribution in [0.2, 0.25) is 0 Å². The number of nitrogens with zero attached hydrogens (tertiary/aromatic N) is 1. The molecule has 0 aliphatic carbocycles. The van der Waals surface area contributed by atoms with Crippen molar-refractivity contribution < 1.29 is 9.32 Å². The van der Waals surface area contributed by atoms with E-state index in [0.29, 0.717) is 11.6 Å². The summed E-state index contributed by atoms with van der Waals surface area (Å²) in [4.78, 5) is 12.8. The average molecular weight is 335 g/mol. The van der Waals surface area contributed by atoms with Gasteiger partial charge in [0.1, 0.15) is 11.8 Å². The van der Waals surface area contributed by atoms with Gasteiger partial charge in [-0.15, -0.1) is 0 Å². The van der Waals surface area contributed by atoms with Crippen LogP contribution in [-0.4, -0.2) is 11.1 Å². The lowest BCUT2D eigenvalue weighted by Crippen LogP contribution is -2.27. The number of anilines is 2. The van der Waals surface area contributed by atoms with Gasteiger partial charge in [-0.3, -0.25) is 4.79 Å². The zero-order valence-corrected chi connectivity index (χ0v) is 14.5. The van der Waals surface area contributed by atoms with Crippen molar-refractivity contribution in [3.63, 3.8) is 0 Å². The zero-order valence-electron chi connectivity index (χ0n) is 14.5. The Kier molecular flexibility index (Phi) is 4.84. The molecule has 3 rings (SSSR count). The summed E-state index contributed by atoms with van der Waals surface area (Å²) in [7, 11) is 0. The third kappa shape index (κ3) is 4.26. The Morgan fingerprint density at radius 2 is 1.68 bits per heavy atom. The molecule has 1 aromatic heterocycles. The van der Waals surface area contributed by atoms with Gasteiger partial charge in [-0.25, -0.2) is 0 Å². The minimum absolute atomic E-state index is 0.196. The molecule has 1 amide bonds. The molecule has 3 aromatic rings. The number of amides is 1. The van der Waals surface area contributed by atoms with Gasteiger partial charge in [-0.2, -0.15) is 0 Å². The number of aryl methyl sites for hydroxylation is 3. The van der Waals surface area contributed by atoms with Gasteiger partial charge in [0.2, 0.25) is 0 Å². The van der Waals surface area contributed by atoms with Crippen LogP contribution in [0.15, 0.2) is 59.1 Å². The Balaban J connectivity index is 1.88. The van der Waals surface area contributed by atoms with Crippen LogP contribution in [0, 0.1) is 20.8 Å². The van der Waals surface area contributed by atoms with E-state index in [9.17, 15) is 4.79 Å². The van der Waals surface area contributed by atoms with E-state index >= 15 is 0 Å². The van der Waals surface area contributed by atoms with Crippen LogP contribution < -0.4 is 10.6 Å². The summed E-state index contributed by atoms with van der Waals surface area (Å²) in [5, 5.41) is 9.97. The normalized spacial score (nSPS) is 11.8. The van der Waals surface area contributed by atoms with E-state index in [-0.39, 0.29) is 5.91 Å². The minimum atomic E-state index is -0.542. The van der Waals surface area contributed by atoms with Gasteiger partial charge in [0, 0.05) is 11.8 Å². The molecule has 0 bridgehead atoms. The van der Waals surface area contributed by atoms with Gasteiger partial charge in [-0.1, -0.05) is 41.6 Å². The molecule has 1 heterocycles. The van der Waals surface area contributed by atoms with E-state index < -0.39 is 6.04 Å². The lowest BCUT2D eigenvalue weighted by atomic mass is 10.0. The number of benzene rings is 2. The minimum Gasteiger partial charge on any atom is -0.370 e. The van der Waals surface area contributed by atoms with Gasteiger partial charge in [0.15, 0.2) is 5.82 Å². The molecule has 0 aliphatic heterocycles. The number of carbonyl (C=O) groups excluding carboxylic acids is 1. The Bertz CT molecular complexity index is 851. The number of rotatable bonds is 5. The summed E-state index contributed by atoms with van der Waals surface area (Å²) >= 11 is 0. The molecule has 2 aromatic carbocycles. The lowest BCUT2D eigenvalue weighted by molar-refractivity contribution is -0.117.